The minimum absolute atomic E-state index is 0.361. The first-order valence-electron chi connectivity index (χ1n) is 5.01. The fourth-order valence-electron chi connectivity index (χ4n) is 1.28. The molecular weight excluding hydrogens is 490 g/mol. The SMILES string of the molecule is Nc1cc(Br)ccc1[Se][Se]c1ccc(Br)cc1N. The van der Waals surface area contributed by atoms with E-state index in [1.54, 1.807) is 0 Å². The van der Waals surface area contributed by atoms with Gasteiger partial charge in [-0.25, -0.2) is 0 Å². The van der Waals surface area contributed by atoms with Gasteiger partial charge in [0.05, 0.1) is 0 Å². The second-order valence-corrected chi connectivity index (χ2v) is 11.5. The molecule has 2 aromatic rings. The van der Waals surface area contributed by atoms with Gasteiger partial charge >= 0.3 is 135 Å². The molecule has 0 fully saturated rings. The Labute approximate surface area is 134 Å². The van der Waals surface area contributed by atoms with Crippen LogP contribution in [0, 0.1) is 0 Å². The van der Waals surface area contributed by atoms with E-state index in [4.69, 9.17) is 11.5 Å². The molecule has 4 N–H and O–H groups in total. The topological polar surface area (TPSA) is 52.0 Å². The fourth-order valence-corrected chi connectivity index (χ4v) is 8.85. The van der Waals surface area contributed by atoms with E-state index in [9.17, 15) is 0 Å². The van der Waals surface area contributed by atoms with E-state index in [1.165, 1.54) is 8.92 Å². The van der Waals surface area contributed by atoms with Gasteiger partial charge in [0, 0.05) is 0 Å². The molecule has 0 radical (unpaired) electrons. The van der Waals surface area contributed by atoms with Gasteiger partial charge in [-0.05, 0) is 0 Å². The Morgan fingerprint density at radius 2 is 1.11 bits per heavy atom. The zero-order valence-electron chi connectivity index (χ0n) is 9.19. The number of nitrogens with two attached hydrogens (primary N) is 2. The van der Waals surface area contributed by atoms with Crippen molar-refractivity contribution in [2.45, 2.75) is 0 Å². The monoisotopic (exact) mass is 500 g/mol. The van der Waals surface area contributed by atoms with Crippen LogP contribution in [0.1, 0.15) is 0 Å². The number of anilines is 2. The van der Waals surface area contributed by atoms with Crippen molar-refractivity contribution >= 4 is 78.4 Å². The molecule has 2 nitrogen and oxygen atoms in total. The molecule has 0 spiro atoms. The molecule has 0 aliphatic carbocycles. The number of benzene rings is 2. The predicted molar refractivity (Wildman–Crippen MR) is 87.9 cm³/mol. The molecule has 0 amide bonds. The van der Waals surface area contributed by atoms with Crippen molar-refractivity contribution in [3.63, 3.8) is 0 Å². The quantitative estimate of drug-likeness (QED) is 0.498. The van der Waals surface area contributed by atoms with Crippen LogP contribution >= 0.6 is 31.9 Å². The van der Waals surface area contributed by atoms with Gasteiger partial charge in [-0.3, -0.25) is 0 Å². The molecule has 0 heterocycles. The Kier molecular flexibility index (Phi) is 5.19. The third kappa shape index (κ3) is 3.77. The van der Waals surface area contributed by atoms with Crippen LogP contribution in [0.4, 0.5) is 11.4 Å². The summed E-state index contributed by atoms with van der Waals surface area (Å²) in [6.07, 6.45) is 0. The standard InChI is InChI=1S/C12H10Br2N2Se2/c13-7-1-3-11(9(15)5-7)17-18-12-4-2-8(14)6-10(12)16/h1-6H,15-16H2. The maximum atomic E-state index is 6.00. The van der Waals surface area contributed by atoms with Gasteiger partial charge in [0.15, 0.2) is 0 Å². The molecule has 0 aromatic heterocycles. The maximum absolute atomic E-state index is 6.00. The number of halogens is 2. The number of rotatable bonds is 3. The normalized spacial score (nSPS) is 10.6. The summed E-state index contributed by atoms with van der Waals surface area (Å²) >= 11 is 7.56. The first-order chi connectivity index (χ1) is 8.56. The molecule has 0 aliphatic heterocycles. The Morgan fingerprint density at radius 3 is 1.44 bits per heavy atom. The summed E-state index contributed by atoms with van der Waals surface area (Å²) in [5.41, 5.74) is 13.7. The van der Waals surface area contributed by atoms with Gasteiger partial charge in [-0.1, -0.05) is 0 Å². The number of nitrogen functional groups attached to an aromatic ring is 2. The Morgan fingerprint density at radius 1 is 0.722 bits per heavy atom. The summed E-state index contributed by atoms with van der Waals surface area (Å²) in [5.74, 6) is 0. The molecule has 0 saturated heterocycles. The van der Waals surface area contributed by atoms with Crippen molar-refractivity contribution in [1.82, 2.24) is 0 Å². The van der Waals surface area contributed by atoms with E-state index >= 15 is 0 Å². The summed E-state index contributed by atoms with van der Waals surface area (Å²) in [4.78, 5) is 0. The van der Waals surface area contributed by atoms with E-state index in [-0.39, 0.29) is 0 Å². The van der Waals surface area contributed by atoms with Crippen molar-refractivity contribution in [3.05, 3.63) is 45.3 Å². The first-order valence-corrected chi connectivity index (χ1v) is 12.6. The predicted octanol–water partition coefficient (Wildman–Crippen LogP) is 1.65. The molecule has 0 saturated carbocycles. The van der Waals surface area contributed by atoms with E-state index in [0.29, 0.717) is 26.3 Å². The van der Waals surface area contributed by atoms with Crippen LogP contribution in [0.15, 0.2) is 45.3 Å². The molecular formula is C12H10Br2N2Se2. The zero-order valence-corrected chi connectivity index (χ0v) is 15.8. The third-order valence-electron chi connectivity index (χ3n) is 2.16. The van der Waals surface area contributed by atoms with Gasteiger partial charge in [-0.2, -0.15) is 0 Å². The Bertz CT molecular complexity index is 524. The summed E-state index contributed by atoms with van der Waals surface area (Å²) in [6.45, 7) is 0. The van der Waals surface area contributed by atoms with E-state index < -0.39 is 0 Å². The molecule has 0 bridgehead atoms. The average molecular weight is 500 g/mol. The van der Waals surface area contributed by atoms with Crippen LogP contribution in [0.5, 0.6) is 0 Å². The number of hydrogen-bond acceptors (Lipinski definition) is 2. The van der Waals surface area contributed by atoms with Crippen LogP contribution in [0.2, 0.25) is 0 Å². The minimum atomic E-state index is 0.361. The van der Waals surface area contributed by atoms with Gasteiger partial charge in [-0.15, -0.1) is 0 Å². The van der Waals surface area contributed by atoms with Crippen molar-refractivity contribution in [2.75, 3.05) is 11.5 Å². The van der Waals surface area contributed by atoms with E-state index in [0.717, 1.165) is 20.3 Å². The van der Waals surface area contributed by atoms with Gasteiger partial charge < -0.3 is 0 Å². The summed E-state index contributed by atoms with van der Waals surface area (Å²) in [5, 5.41) is 0. The van der Waals surface area contributed by atoms with Crippen LogP contribution in [0.3, 0.4) is 0 Å². The average Bonchev–Trinajstić information content (AvgIpc) is 2.30. The number of hydrogen-bond donors (Lipinski definition) is 2. The molecule has 2 rings (SSSR count). The van der Waals surface area contributed by atoms with Crippen molar-refractivity contribution in [1.29, 1.82) is 0 Å². The van der Waals surface area contributed by atoms with Gasteiger partial charge in [0.2, 0.25) is 0 Å². The van der Waals surface area contributed by atoms with Crippen molar-refractivity contribution in [2.24, 2.45) is 0 Å². The summed E-state index contributed by atoms with van der Waals surface area (Å²) in [7, 11) is 0. The summed E-state index contributed by atoms with van der Waals surface area (Å²) in [6, 6.07) is 12.2. The van der Waals surface area contributed by atoms with Gasteiger partial charge in [0.1, 0.15) is 0 Å². The van der Waals surface area contributed by atoms with Crippen LogP contribution in [0.25, 0.3) is 0 Å². The van der Waals surface area contributed by atoms with E-state index in [2.05, 4.69) is 44.0 Å². The fraction of sp³-hybridized carbons (Fsp3) is 0. The molecule has 0 unspecified atom stereocenters. The molecule has 0 aliphatic rings. The molecule has 2 aromatic carbocycles. The first kappa shape index (κ1) is 14.4. The molecule has 6 heteroatoms. The molecule has 94 valence electrons. The van der Waals surface area contributed by atoms with E-state index in [1.807, 2.05) is 24.3 Å². The Balaban J connectivity index is 2.11. The van der Waals surface area contributed by atoms with Gasteiger partial charge in [0.25, 0.3) is 0 Å². The molecule has 0 atom stereocenters. The summed E-state index contributed by atoms with van der Waals surface area (Å²) < 4.78 is 4.53. The van der Waals surface area contributed by atoms with Crippen molar-refractivity contribution < 1.29 is 0 Å². The Hall–Kier alpha value is 0.0390. The van der Waals surface area contributed by atoms with Crippen LogP contribution in [-0.2, 0) is 0 Å². The molecule has 18 heavy (non-hydrogen) atoms. The third-order valence-corrected chi connectivity index (χ3v) is 10.5. The van der Waals surface area contributed by atoms with Crippen LogP contribution in [-0.4, -0.2) is 26.3 Å². The van der Waals surface area contributed by atoms with Crippen molar-refractivity contribution in [3.8, 4) is 0 Å². The second-order valence-electron chi connectivity index (χ2n) is 3.53. The van der Waals surface area contributed by atoms with Crippen LogP contribution < -0.4 is 20.4 Å². The second kappa shape index (κ2) is 6.46. The zero-order chi connectivity index (χ0) is 13.1.